The second-order valence-corrected chi connectivity index (χ2v) is 6.88. The van der Waals surface area contributed by atoms with Gasteiger partial charge in [-0.1, -0.05) is 12.1 Å². The maximum absolute atomic E-state index is 13.4. The Morgan fingerprint density at radius 1 is 1.21 bits per heavy atom. The molecule has 2 heterocycles. The SMILES string of the molecule is COc1ccccc1OCC(=O)N1CCC(c2nc3ccc(F)cc3[nH]2)CC1. The number of rotatable bonds is 5. The molecule has 1 N–H and O–H groups in total. The summed E-state index contributed by atoms with van der Waals surface area (Å²) in [7, 11) is 1.57. The molecule has 0 saturated carbocycles. The molecule has 28 heavy (non-hydrogen) atoms. The van der Waals surface area contributed by atoms with Crippen molar-refractivity contribution < 1.29 is 18.7 Å². The van der Waals surface area contributed by atoms with Crippen LogP contribution in [0.4, 0.5) is 4.39 Å². The van der Waals surface area contributed by atoms with Gasteiger partial charge in [0.05, 0.1) is 18.1 Å². The summed E-state index contributed by atoms with van der Waals surface area (Å²) in [5.41, 5.74) is 1.47. The van der Waals surface area contributed by atoms with Crippen molar-refractivity contribution in [1.82, 2.24) is 14.9 Å². The van der Waals surface area contributed by atoms with Crippen molar-refractivity contribution in [2.75, 3.05) is 26.8 Å². The quantitative estimate of drug-likeness (QED) is 0.732. The molecule has 1 aliphatic heterocycles. The van der Waals surface area contributed by atoms with Gasteiger partial charge in [0.2, 0.25) is 0 Å². The number of aromatic amines is 1. The first kappa shape index (κ1) is 18.3. The number of carbonyl (C=O) groups is 1. The number of amides is 1. The van der Waals surface area contributed by atoms with E-state index in [9.17, 15) is 9.18 Å². The highest BCUT2D eigenvalue weighted by molar-refractivity contribution is 5.78. The van der Waals surface area contributed by atoms with Crippen molar-refractivity contribution in [2.45, 2.75) is 18.8 Å². The number of methoxy groups -OCH3 is 1. The normalized spacial score (nSPS) is 15.0. The maximum Gasteiger partial charge on any atom is 0.260 e. The van der Waals surface area contributed by atoms with Crippen LogP contribution in [0.2, 0.25) is 0 Å². The van der Waals surface area contributed by atoms with Gasteiger partial charge in [0.25, 0.3) is 5.91 Å². The molecule has 7 heteroatoms. The summed E-state index contributed by atoms with van der Waals surface area (Å²) in [6.07, 6.45) is 1.62. The molecule has 0 spiro atoms. The van der Waals surface area contributed by atoms with Crippen LogP contribution in [0.25, 0.3) is 11.0 Å². The Kier molecular flexibility index (Phi) is 5.14. The number of hydrogen-bond acceptors (Lipinski definition) is 4. The molecule has 1 aliphatic rings. The molecule has 0 unspecified atom stereocenters. The van der Waals surface area contributed by atoms with E-state index in [1.54, 1.807) is 25.3 Å². The Labute approximate surface area is 162 Å². The van der Waals surface area contributed by atoms with Crippen molar-refractivity contribution >= 4 is 16.9 Å². The number of aromatic nitrogens is 2. The summed E-state index contributed by atoms with van der Waals surface area (Å²) in [6.45, 7) is 1.27. The minimum Gasteiger partial charge on any atom is -0.493 e. The van der Waals surface area contributed by atoms with Gasteiger partial charge in [-0.05, 0) is 43.2 Å². The average Bonchev–Trinajstić information content (AvgIpc) is 3.15. The molecule has 1 fully saturated rings. The number of fused-ring (bicyclic) bond motifs is 1. The van der Waals surface area contributed by atoms with Gasteiger partial charge in [-0.15, -0.1) is 0 Å². The predicted octanol–water partition coefficient (Wildman–Crippen LogP) is 3.50. The highest BCUT2D eigenvalue weighted by Crippen LogP contribution is 2.29. The molecule has 0 radical (unpaired) electrons. The van der Waals surface area contributed by atoms with Crippen LogP contribution in [0.3, 0.4) is 0 Å². The third kappa shape index (κ3) is 3.78. The molecule has 4 rings (SSSR count). The van der Waals surface area contributed by atoms with Gasteiger partial charge in [-0.2, -0.15) is 0 Å². The lowest BCUT2D eigenvalue weighted by Crippen LogP contribution is -2.40. The minimum atomic E-state index is -0.279. The molecule has 0 atom stereocenters. The molecule has 1 saturated heterocycles. The van der Waals surface area contributed by atoms with Gasteiger partial charge >= 0.3 is 0 Å². The fourth-order valence-corrected chi connectivity index (χ4v) is 3.57. The van der Waals surface area contributed by atoms with E-state index >= 15 is 0 Å². The Morgan fingerprint density at radius 2 is 1.96 bits per heavy atom. The van der Waals surface area contributed by atoms with Crippen LogP contribution < -0.4 is 9.47 Å². The molecular formula is C21H22FN3O3. The number of para-hydroxylation sites is 2. The van der Waals surface area contributed by atoms with Gasteiger partial charge in [-0.25, -0.2) is 9.37 Å². The van der Waals surface area contributed by atoms with E-state index in [0.29, 0.717) is 30.1 Å². The second-order valence-electron chi connectivity index (χ2n) is 6.88. The highest BCUT2D eigenvalue weighted by atomic mass is 19.1. The number of benzene rings is 2. The molecule has 1 amide bonds. The molecule has 0 bridgehead atoms. The number of nitrogens with one attached hydrogen (secondary N) is 1. The molecule has 3 aromatic rings. The van der Waals surface area contributed by atoms with Crippen LogP contribution >= 0.6 is 0 Å². The van der Waals surface area contributed by atoms with Crippen LogP contribution in [-0.2, 0) is 4.79 Å². The molecular weight excluding hydrogens is 361 g/mol. The van der Waals surface area contributed by atoms with Gasteiger partial charge in [0, 0.05) is 19.0 Å². The van der Waals surface area contributed by atoms with Crippen molar-refractivity contribution in [1.29, 1.82) is 0 Å². The number of piperidine rings is 1. The summed E-state index contributed by atoms with van der Waals surface area (Å²) in [5.74, 6) is 1.93. The summed E-state index contributed by atoms with van der Waals surface area (Å²) in [6, 6.07) is 11.8. The largest absolute Gasteiger partial charge is 0.493 e. The Hall–Kier alpha value is -3.09. The standard InChI is InChI=1S/C21H22FN3O3/c1-27-18-4-2-3-5-19(18)28-13-20(26)25-10-8-14(9-11-25)21-23-16-7-6-15(22)12-17(16)24-21/h2-7,12,14H,8-11,13H2,1H3,(H,23,24). The third-order valence-corrected chi connectivity index (χ3v) is 5.12. The third-order valence-electron chi connectivity index (χ3n) is 5.12. The van der Waals surface area contributed by atoms with Gasteiger partial charge in [-0.3, -0.25) is 4.79 Å². The van der Waals surface area contributed by atoms with E-state index in [0.717, 1.165) is 24.2 Å². The summed E-state index contributed by atoms with van der Waals surface area (Å²) < 4.78 is 24.2. The molecule has 0 aliphatic carbocycles. The van der Waals surface area contributed by atoms with Crippen LogP contribution in [0.5, 0.6) is 11.5 Å². The van der Waals surface area contributed by atoms with Crippen molar-refractivity contribution in [3.05, 3.63) is 54.1 Å². The zero-order chi connectivity index (χ0) is 19.5. The monoisotopic (exact) mass is 383 g/mol. The first-order valence-electron chi connectivity index (χ1n) is 9.33. The Bertz CT molecular complexity index is 980. The van der Waals surface area contributed by atoms with E-state index < -0.39 is 0 Å². The van der Waals surface area contributed by atoms with E-state index in [-0.39, 0.29) is 24.2 Å². The Morgan fingerprint density at radius 3 is 2.71 bits per heavy atom. The summed E-state index contributed by atoms with van der Waals surface area (Å²) in [4.78, 5) is 22.1. The van der Waals surface area contributed by atoms with Gasteiger partial charge in [0.1, 0.15) is 11.6 Å². The topological polar surface area (TPSA) is 67.5 Å². The van der Waals surface area contributed by atoms with Crippen LogP contribution in [-0.4, -0.2) is 47.6 Å². The summed E-state index contributed by atoms with van der Waals surface area (Å²) >= 11 is 0. The van der Waals surface area contributed by atoms with E-state index in [1.807, 2.05) is 17.0 Å². The number of imidazole rings is 1. The molecule has 6 nitrogen and oxygen atoms in total. The first-order chi connectivity index (χ1) is 13.6. The smallest absolute Gasteiger partial charge is 0.260 e. The maximum atomic E-state index is 13.4. The average molecular weight is 383 g/mol. The highest BCUT2D eigenvalue weighted by Gasteiger charge is 2.26. The minimum absolute atomic E-state index is 0.0189. The lowest BCUT2D eigenvalue weighted by molar-refractivity contribution is -0.134. The first-order valence-corrected chi connectivity index (χ1v) is 9.33. The fraction of sp³-hybridized carbons (Fsp3) is 0.333. The second kappa shape index (κ2) is 7.88. The number of ether oxygens (including phenoxy) is 2. The zero-order valence-corrected chi connectivity index (χ0v) is 15.7. The molecule has 2 aromatic carbocycles. The number of H-pyrrole nitrogens is 1. The number of carbonyl (C=O) groups excluding carboxylic acids is 1. The molecule has 146 valence electrons. The summed E-state index contributed by atoms with van der Waals surface area (Å²) in [5, 5.41) is 0. The van der Waals surface area contributed by atoms with Crippen molar-refractivity contribution in [2.24, 2.45) is 0 Å². The molecule has 1 aromatic heterocycles. The van der Waals surface area contributed by atoms with E-state index in [4.69, 9.17) is 9.47 Å². The number of hydrogen-bond donors (Lipinski definition) is 1. The van der Waals surface area contributed by atoms with Crippen LogP contribution in [0, 0.1) is 5.82 Å². The van der Waals surface area contributed by atoms with Crippen molar-refractivity contribution in [3.8, 4) is 11.5 Å². The van der Waals surface area contributed by atoms with Gasteiger partial charge < -0.3 is 19.4 Å². The Balaban J connectivity index is 1.33. The van der Waals surface area contributed by atoms with E-state index in [1.165, 1.54) is 12.1 Å². The van der Waals surface area contributed by atoms with E-state index in [2.05, 4.69) is 9.97 Å². The van der Waals surface area contributed by atoms with Crippen LogP contribution in [0.15, 0.2) is 42.5 Å². The number of likely N-dealkylation sites (tertiary alicyclic amines) is 1. The van der Waals surface area contributed by atoms with Crippen LogP contribution in [0.1, 0.15) is 24.6 Å². The lowest BCUT2D eigenvalue weighted by Gasteiger charge is -2.31. The fourth-order valence-electron chi connectivity index (χ4n) is 3.57. The van der Waals surface area contributed by atoms with Crippen molar-refractivity contribution in [3.63, 3.8) is 0 Å². The zero-order valence-electron chi connectivity index (χ0n) is 15.7. The predicted molar refractivity (Wildman–Crippen MR) is 103 cm³/mol. The number of nitrogens with zero attached hydrogens (tertiary/aromatic N) is 2. The number of halogens is 1. The van der Waals surface area contributed by atoms with Gasteiger partial charge in [0.15, 0.2) is 18.1 Å². The lowest BCUT2D eigenvalue weighted by atomic mass is 9.96.